The average Bonchev–Trinajstić information content (AvgIpc) is 2.91. The highest BCUT2D eigenvalue weighted by Gasteiger charge is 2.45. The lowest BCUT2D eigenvalue weighted by atomic mass is 10.1. The molecule has 1 unspecified atom stereocenters. The molecule has 1 atom stereocenters. The number of benzene rings is 1. The number of carbonyl (C=O) groups excluding carboxylic acids is 1. The minimum Gasteiger partial charge on any atom is -0.495 e. The van der Waals surface area contributed by atoms with Gasteiger partial charge in [-0.05, 0) is 31.3 Å². The number of nitrogens with two attached hydrogens (primary N) is 1. The SMILES string of the molecule is C=CCNC(=O)c1cnc(Nc2ccc(N3CCN(C)C(C(F)(F)F)C3)c(OC)c2)nc1Nc1cccc(N)n1. The number of alkyl halides is 3. The van der Waals surface area contributed by atoms with E-state index in [0.717, 1.165) is 0 Å². The molecule has 40 heavy (non-hydrogen) atoms. The number of piperazine rings is 1. The quantitative estimate of drug-likeness (QED) is 0.290. The van der Waals surface area contributed by atoms with Gasteiger partial charge in [-0.15, -0.1) is 6.58 Å². The van der Waals surface area contributed by atoms with E-state index in [-0.39, 0.29) is 42.8 Å². The number of nitrogens with one attached hydrogen (secondary N) is 3. The molecule has 4 rings (SSSR count). The molecule has 3 aromatic rings. The number of halogens is 3. The Bertz CT molecular complexity index is 1370. The molecule has 0 bridgehead atoms. The standard InChI is InChI=1S/C26H30F3N9O2/c1-4-10-31-24(39)17-14-32-25(36-23(17)35-22-7-5-6-21(30)34-22)33-16-8-9-18(19(13-16)40-3)38-12-11-37(2)20(15-38)26(27,28)29/h4-9,13-14,20H,1,10-12,15H2,2-3H3,(H,31,39)(H4,30,32,33,34,35,36). The fourth-order valence-electron chi connectivity index (χ4n) is 4.20. The van der Waals surface area contributed by atoms with Crippen LogP contribution in [0.5, 0.6) is 5.75 Å². The number of methoxy groups -OCH3 is 1. The second kappa shape index (κ2) is 12.1. The Morgan fingerprint density at radius 2 is 2.02 bits per heavy atom. The summed E-state index contributed by atoms with van der Waals surface area (Å²) < 4.78 is 46.1. The molecule has 1 fully saturated rings. The van der Waals surface area contributed by atoms with E-state index in [4.69, 9.17) is 10.5 Å². The predicted molar refractivity (Wildman–Crippen MR) is 147 cm³/mol. The number of likely N-dealkylation sites (N-methyl/N-ethyl adjacent to an activating group) is 1. The Labute approximate surface area is 229 Å². The van der Waals surface area contributed by atoms with E-state index in [1.165, 1.54) is 25.3 Å². The summed E-state index contributed by atoms with van der Waals surface area (Å²) in [6.07, 6.45) is -1.44. The molecule has 11 nitrogen and oxygen atoms in total. The second-order valence-electron chi connectivity index (χ2n) is 9.02. The molecule has 2 aromatic heterocycles. The van der Waals surface area contributed by atoms with Gasteiger partial charge in [0.25, 0.3) is 5.91 Å². The minimum absolute atomic E-state index is 0.151. The van der Waals surface area contributed by atoms with E-state index >= 15 is 0 Å². The molecule has 3 heterocycles. The molecule has 212 valence electrons. The van der Waals surface area contributed by atoms with Gasteiger partial charge in [-0.1, -0.05) is 12.1 Å². The molecule has 0 aliphatic carbocycles. The Morgan fingerprint density at radius 3 is 2.73 bits per heavy atom. The summed E-state index contributed by atoms with van der Waals surface area (Å²) in [5, 5.41) is 8.73. The van der Waals surface area contributed by atoms with E-state index < -0.39 is 18.1 Å². The molecule has 14 heteroatoms. The number of rotatable bonds is 9. The molecule has 1 amide bonds. The van der Waals surface area contributed by atoms with Crippen LogP contribution in [-0.4, -0.2) is 78.3 Å². The third kappa shape index (κ3) is 6.69. The first-order valence-corrected chi connectivity index (χ1v) is 12.3. The maximum Gasteiger partial charge on any atom is 0.405 e. The zero-order valence-corrected chi connectivity index (χ0v) is 22.0. The van der Waals surface area contributed by atoms with Crippen molar-refractivity contribution < 1.29 is 22.7 Å². The lowest BCUT2D eigenvalue weighted by Crippen LogP contribution is -2.57. The molecule has 1 aliphatic rings. The van der Waals surface area contributed by atoms with E-state index in [1.807, 2.05) is 0 Å². The summed E-state index contributed by atoms with van der Waals surface area (Å²) in [6.45, 7) is 4.30. The van der Waals surface area contributed by atoms with E-state index in [0.29, 0.717) is 29.5 Å². The van der Waals surface area contributed by atoms with Crippen molar-refractivity contribution in [2.24, 2.45) is 0 Å². The summed E-state index contributed by atoms with van der Waals surface area (Å²) in [5.74, 6) is 0.947. The van der Waals surface area contributed by atoms with Gasteiger partial charge in [-0.25, -0.2) is 9.97 Å². The van der Waals surface area contributed by atoms with Crippen LogP contribution in [0.4, 0.5) is 47.9 Å². The summed E-state index contributed by atoms with van der Waals surface area (Å²) in [4.78, 5) is 28.6. The second-order valence-corrected chi connectivity index (χ2v) is 9.02. The van der Waals surface area contributed by atoms with Gasteiger partial charge in [-0.3, -0.25) is 9.69 Å². The van der Waals surface area contributed by atoms with Crippen molar-refractivity contribution in [3.8, 4) is 5.75 Å². The number of aromatic nitrogens is 3. The number of anilines is 6. The topological polar surface area (TPSA) is 134 Å². The molecule has 1 aromatic carbocycles. The van der Waals surface area contributed by atoms with Gasteiger partial charge < -0.3 is 31.3 Å². The van der Waals surface area contributed by atoms with Gasteiger partial charge in [0.1, 0.15) is 34.8 Å². The largest absolute Gasteiger partial charge is 0.495 e. The van der Waals surface area contributed by atoms with Gasteiger partial charge in [0, 0.05) is 44.1 Å². The summed E-state index contributed by atoms with van der Waals surface area (Å²) in [7, 11) is 2.92. The molecule has 0 radical (unpaired) electrons. The number of ether oxygens (including phenoxy) is 1. The van der Waals surface area contributed by atoms with Gasteiger partial charge >= 0.3 is 6.18 Å². The lowest BCUT2D eigenvalue weighted by molar-refractivity contribution is -0.180. The number of carbonyl (C=O) groups is 1. The van der Waals surface area contributed by atoms with Crippen LogP contribution in [0, 0.1) is 0 Å². The maximum atomic E-state index is 13.5. The van der Waals surface area contributed by atoms with Crippen molar-refractivity contribution in [1.82, 2.24) is 25.2 Å². The summed E-state index contributed by atoms with van der Waals surface area (Å²) in [6, 6.07) is 8.44. The van der Waals surface area contributed by atoms with Crippen molar-refractivity contribution in [3.05, 3.63) is 60.8 Å². The summed E-state index contributed by atoms with van der Waals surface area (Å²) >= 11 is 0. The van der Waals surface area contributed by atoms with Gasteiger partial charge in [0.15, 0.2) is 0 Å². The van der Waals surface area contributed by atoms with Gasteiger partial charge in [0.2, 0.25) is 5.95 Å². The highest BCUT2D eigenvalue weighted by molar-refractivity contribution is 5.99. The van der Waals surface area contributed by atoms with Crippen LogP contribution in [0.2, 0.25) is 0 Å². The molecule has 0 saturated carbocycles. The van der Waals surface area contributed by atoms with Crippen molar-refractivity contribution in [2.45, 2.75) is 12.2 Å². The van der Waals surface area contributed by atoms with Crippen LogP contribution < -0.4 is 31.3 Å². The first kappa shape index (κ1) is 28.4. The van der Waals surface area contributed by atoms with Gasteiger partial charge in [-0.2, -0.15) is 18.2 Å². The van der Waals surface area contributed by atoms with Crippen LogP contribution in [-0.2, 0) is 0 Å². The lowest BCUT2D eigenvalue weighted by Gasteiger charge is -2.41. The van der Waals surface area contributed by atoms with E-state index in [1.54, 1.807) is 47.4 Å². The first-order valence-electron chi connectivity index (χ1n) is 12.3. The van der Waals surface area contributed by atoms with Crippen LogP contribution in [0.25, 0.3) is 0 Å². The van der Waals surface area contributed by atoms with Crippen molar-refractivity contribution in [2.75, 3.05) is 61.6 Å². The minimum atomic E-state index is -4.35. The van der Waals surface area contributed by atoms with Crippen LogP contribution in [0.3, 0.4) is 0 Å². The summed E-state index contributed by atoms with van der Waals surface area (Å²) in [5.41, 5.74) is 7.01. The monoisotopic (exact) mass is 557 g/mol. The highest BCUT2D eigenvalue weighted by atomic mass is 19.4. The number of hydrogen-bond donors (Lipinski definition) is 4. The number of pyridine rings is 1. The first-order chi connectivity index (χ1) is 19.1. The Kier molecular flexibility index (Phi) is 8.58. The van der Waals surface area contributed by atoms with Crippen molar-refractivity contribution in [3.63, 3.8) is 0 Å². The molecule has 1 aliphatic heterocycles. The molecule has 0 spiro atoms. The number of nitrogen functional groups attached to an aromatic ring is 1. The van der Waals surface area contributed by atoms with Crippen LogP contribution in [0.15, 0.2) is 55.3 Å². The smallest absolute Gasteiger partial charge is 0.405 e. The Hall–Kier alpha value is -4.59. The normalized spacial score (nSPS) is 15.8. The molecule has 5 N–H and O–H groups in total. The zero-order valence-electron chi connectivity index (χ0n) is 22.0. The molecular formula is C26H30F3N9O2. The number of hydrogen-bond acceptors (Lipinski definition) is 10. The average molecular weight is 558 g/mol. The van der Waals surface area contributed by atoms with E-state index in [9.17, 15) is 18.0 Å². The van der Waals surface area contributed by atoms with E-state index in [2.05, 4.69) is 37.5 Å². The highest BCUT2D eigenvalue weighted by Crippen LogP contribution is 2.36. The predicted octanol–water partition coefficient (Wildman–Crippen LogP) is 3.55. The maximum absolute atomic E-state index is 13.5. The Morgan fingerprint density at radius 1 is 1.23 bits per heavy atom. The van der Waals surface area contributed by atoms with Crippen LogP contribution in [0.1, 0.15) is 10.4 Å². The van der Waals surface area contributed by atoms with Crippen LogP contribution >= 0.6 is 0 Å². The fraction of sp³-hybridized carbons (Fsp3) is 0.308. The third-order valence-electron chi connectivity index (χ3n) is 6.26. The molecular weight excluding hydrogens is 527 g/mol. The Balaban J connectivity index is 1.59. The fourth-order valence-corrected chi connectivity index (χ4v) is 4.20. The van der Waals surface area contributed by atoms with Gasteiger partial charge in [0.05, 0.1) is 12.8 Å². The number of amides is 1. The van der Waals surface area contributed by atoms with Crippen molar-refractivity contribution >= 4 is 40.7 Å². The third-order valence-corrected chi connectivity index (χ3v) is 6.26. The number of nitrogens with zero attached hydrogens (tertiary/aromatic N) is 5. The molecule has 1 saturated heterocycles. The van der Waals surface area contributed by atoms with Crippen molar-refractivity contribution in [1.29, 1.82) is 0 Å². The zero-order chi connectivity index (χ0) is 28.9.